The van der Waals surface area contributed by atoms with Crippen LogP contribution in [0.5, 0.6) is 0 Å². The molecule has 1 saturated heterocycles. The fourth-order valence-electron chi connectivity index (χ4n) is 3.99. The quantitative estimate of drug-likeness (QED) is 0.502. The molecule has 0 spiro atoms. The van der Waals surface area contributed by atoms with Crippen LogP contribution in [0.3, 0.4) is 0 Å². The Morgan fingerprint density at radius 3 is 2.38 bits per heavy atom. The highest BCUT2D eigenvalue weighted by Crippen LogP contribution is 2.59. The number of benzene rings is 1. The van der Waals surface area contributed by atoms with Gasteiger partial charge in [-0.15, -0.1) is 11.8 Å². The fraction of sp³-hybridized carbons (Fsp3) is 0.455. The standard InChI is InChI=1S/C22H20F6N2OS/c1-13-10-15(4-8-29-13)14-2-3-18(17(11-14)21(23,24)25)32-16-5-9-30(12-16)19(31)20(6-7-20)22(26,27)28/h2-4,8,10-11,16H,5-7,9,12H2,1H3. The smallest absolute Gasteiger partial charge is 0.341 e. The van der Waals surface area contributed by atoms with Crippen LogP contribution in [0, 0.1) is 12.3 Å². The largest absolute Gasteiger partial charge is 0.417 e. The van der Waals surface area contributed by atoms with Crippen LogP contribution >= 0.6 is 11.8 Å². The van der Waals surface area contributed by atoms with Crippen LogP contribution in [0.2, 0.25) is 0 Å². The number of aromatic nitrogens is 1. The molecule has 1 aromatic heterocycles. The van der Waals surface area contributed by atoms with Crippen molar-refractivity contribution in [1.82, 2.24) is 9.88 Å². The number of carbonyl (C=O) groups excluding carboxylic acids is 1. The van der Waals surface area contributed by atoms with Gasteiger partial charge in [-0.05, 0) is 61.6 Å². The van der Waals surface area contributed by atoms with Crippen molar-refractivity contribution < 1.29 is 31.1 Å². The van der Waals surface area contributed by atoms with Crippen LogP contribution in [-0.2, 0) is 11.0 Å². The summed E-state index contributed by atoms with van der Waals surface area (Å²) in [5, 5.41) is -0.405. The number of aryl methyl sites for hydroxylation is 1. The van der Waals surface area contributed by atoms with Crippen molar-refractivity contribution in [3.63, 3.8) is 0 Å². The maximum Gasteiger partial charge on any atom is 0.417 e. The molecule has 0 N–H and O–H groups in total. The first-order valence-corrected chi connectivity index (χ1v) is 11.0. The van der Waals surface area contributed by atoms with Gasteiger partial charge in [-0.1, -0.05) is 6.07 Å². The minimum atomic E-state index is -4.60. The second-order valence-corrected chi connectivity index (χ2v) is 9.60. The van der Waals surface area contributed by atoms with Crippen molar-refractivity contribution in [3.05, 3.63) is 47.8 Å². The van der Waals surface area contributed by atoms with Crippen molar-refractivity contribution in [2.75, 3.05) is 13.1 Å². The van der Waals surface area contributed by atoms with Crippen LogP contribution in [0.4, 0.5) is 26.3 Å². The molecule has 2 aliphatic rings. The van der Waals surface area contributed by atoms with E-state index in [0.717, 1.165) is 22.7 Å². The van der Waals surface area contributed by atoms with Crippen molar-refractivity contribution in [2.24, 2.45) is 5.41 Å². The Balaban J connectivity index is 1.53. The molecule has 0 radical (unpaired) electrons. The third-order valence-corrected chi connectivity index (χ3v) is 7.27. The maximum atomic E-state index is 13.8. The summed E-state index contributed by atoms with van der Waals surface area (Å²) in [6.45, 7) is 1.87. The number of halogens is 6. The van der Waals surface area contributed by atoms with E-state index in [-0.39, 0.29) is 30.8 Å². The lowest BCUT2D eigenvalue weighted by Crippen LogP contribution is -2.43. The molecule has 0 bridgehead atoms. The van der Waals surface area contributed by atoms with E-state index in [4.69, 9.17) is 0 Å². The number of likely N-dealkylation sites (tertiary alicyclic amines) is 1. The normalized spacial score (nSPS) is 20.5. The van der Waals surface area contributed by atoms with Crippen molar-refractivity contribution in [3.8, 4) is 11.1 Å². The maximum absolute atomic E-state index is 13.8. The summed E-state index contributed by atoms with van der Waals surface area (Å²) in [6, 6.07) is 7.38. The number of alkyl halides is 6. The van der Waals surface area contributed by atoms with Gasteiger partial charge < -0.3 is 4.90 Å². The number of hydrogen-bond donors (Lipinski definition) is 0. The molecule has 4 rings (SSSR count). The molecule has 1 aliphatic heterocycles. The van der Waals surface area contributed by atoms with Gasteiger partial charge in [-0.25, -0.2) is 0 Å². The highest BCUT2D eigenvalue weighted by atomic mass is 32.2. The Labute approximate surface area is 185 Å². The van der Waals surface area contributed by atoms with Crippen LogP contribution in [-0.4, -0.2) is 40.3 Å². The van der Waals surface area contributed by atoms with Gasteiger partial charge in [0.2, 0.25) is 5.91 Å². The summed E-state index contributed by atoms with van der Waals surface area (Å²) >= 11 is 0.964. The van der Waals surface area contributed by atoms with Crippen LogP contribution in [0.25, 0.3) is 11.1 Å². The Morgan fingerprint density at radius 2 is 1.78 bits per heavy atom. The highest BCUT2D eigenvalue weighted by molar-refractivity contribution is 8.00. The van der Waals surface area contributed by atoms with Gasteiger partial charge in [-0.2, -0.15) is 26.3 Å². The Bertz CT molecular complexity index is 1030. The fourth-order valence-corrected chi connectivity index (χ4v) is 5.28. The van der Waals surface area contributed by atoms with Crippen LogP contribution in [0.1, 0.15) is 30.5 Å². The molecule has 32 heavy (non-hydrogen) atoms. The number of rotatable bonds is 4. The molecule has 172 valence electrons. The zero-order valence-corrected chi connectivity index (χ0v) is 17.9. The molecule has 2 fully saturated rings. The SMILES string of the molecule is Cc1cc(-c2ccc(SC3CCN(C(=O)C4(C(F)(F)F)CC4)C3)c(C(F)(F)F)c2)ccn1. The lowest BCUT2D eigenvalue weighted by molar-refractivity contribution is -0.197. The van der Waals surface area contributed by atoms with E-state index >= 15 is 0 Å². The summed E-state index contributed by atoms with van der Waals surface area (Å²) in [5.74, 6) is -0.951. The molecular weight excluding hydrogens is 454 g/mol. The Kier molecular flexibility index (Phi) is 5.71. The van der Waals surface area contributed by atoms with Gasteiger partial charge in [0.15, 0.2) is 0 Å². The molecule has 1 saturated carbocycles. The number of pyridine rings is 1. The molecule has 1 aliphatic carbocycles. The van der Waals surface area contributed by atoms with Gasteiger partial charge in [0, 0.05) is 35.1 Å². The molecule has 10 heteroatoms. The molecule has 1 unspecified atom stereocenters. The summed E-state index contributed by atoms with van der Waals surface area (Å²) in [5.41, 5.74) is -1.41. The molecule has 1 atom stereocenters. The first-order chi connectivity index (χ1) is 14.9. The number of thioether (sulfide) groups is 1. The lowest BCUT2D eigenvalue weighted by Gasteiger charge is -2.25. The van der Waals surface area contributed by atoms with Gasteiger partial charge in [0.25, 0.3) is 0 Å². The summed E-state index contributed by atoms with van der Waals surface area (Å²) < 4.78 is 81.1. The topological polar surface area (TPSA) is 33.2 Å². The minimum absolute atomic E-state index is 0.00304. The number of amides is 1. The molecule has 1 aromatic carbocycles. The number of hydrogen-bond acceptors (Lipinski definition) is 3. The van der Waals surface area contributed by atoms with Crippen molar-refractivity contribution in [1.29, 1.82) is 0 Å². The van der Waals surface area contributed by atoms with Crippen molar-refractivity contribution in [2.45, 2.75) is 48.7 Å². The lowest BCUT2D eigenvalue weighted by atomic mass is 10.0. The Hall–Kier alpha value is -2.23. The van der Waals surface area contributed by atoms with E-state index in [1.54, 1.807) is 25.1 Å². The first-order valence-electron chi connectivity index (χ1n) is 10.1. The number of carbonyl (C=O) groups is 1. The highest BCUT2D eigenvalue weighted by Gasteiger charge is 2.69. The predicted octanol–water partition coefficient (Wildman–Crippen LogP) is 6.11. The third kappa shape index (κ3) is 4.33. The van der Waals surface area contributed by atoms with Crippen molar-refractivity contribution >= 4 is 17.7 Å². The number of nitrogens with zero attached hydrogens (tertiary/aromatic N) is 2. The Morgan fingerprint density at radius 1 is 1.09 bits per heavy atom. The third-order valence-electron chi connectivity index (χ3n) is 5.94. The van der Waals surface area contributed by atoms with Crippen LogP contribution < -0.4 is 0 Å². The van der Waals surface area contributed by atoms with Gasteiger partial charge in [0.05, 0.1) is 5.56 Å². The monoisotopic (exact) mass is 474 g/mol. The average molecular weight is 474 g/mol. The summed E-state index contributed by atoms with van der Waals surface area (Å²) in [7, 11) is 0. The van der Waals surface area contributed by atoms with Gasteiger partial charge in [0.1, 0.15) is 5.41 Å². The van der Waals surface area contributed by atoms with E-state index < -0.39 is 34.5 Å². The second-order valence-electron chi connectivity index (χ2n) is 8.25. The van der Waals surface area contributed by atoms with Gasteiger partial charge >= 0.3 is 12.4 Å². The summed E-state index contributed by atoms with van der Waals surface area (Å²) in [6.07, 6.45) is -7.77. The van der Waals surface area contributed by atoms with E-state index in [0.29, 0.717) is 23.2 Å². The van der Waals surface area contributed by atoms with E-state index in [2.05, 4.69) is 4.98 Å². The molecular formula is C22H20F6N2OS. The van der Waals surface area contributed by atoms with Gasteiger partial charge in [-0.3, -0.25) is 9.78 Å². The molecule has 3 nitrogen and oxygen atoms in total. The molecule has 2 heterocycles. The zero-order valence-electron chi connectivity index (χ0n) is 17.1. The van der Waals surface area contributed by atoms with E-state index in [1.165, 1.54) is 12.3 Å². The minimum Gasteiger partial charge on any atom is -0.341 e. The second kappa shape index (κ2) is 7.97. The molecule has 1 amide bonds. The summed E-state index contributed by atoms with van der Waals surface area (Å²) in [4.78, 5) is 17.6. The van der Waals surface area contributed by atoms with Crippen LogP contribution in [0.15, 0.2) is 41.4 Å². The van der Waals surface area contributed by atoms with E-state index in [1.807, 2.05) is 0 Å². The zero-order chi connectivity index (χ0) is 23.3. The molecule has 2 aromatic rings. The first kappa shape index (κ1) is 22.9. The predicted molar refractivity (Wildman–Crippen MR) is 108 cm³/mol. The average Bonchev–Trinajstić information content (AvgIpc) is 3.41. The van der Waals surface area contributed by atoms with E-state index in [9.17, 15) is 31.1 Å².